The van der Waals surface area contributed by atoms with Crippen molar-refractivity contribution < 1.29 is 0 Å². The average molecular weight is 261 g/mol. The standard InChI is InChI=1S/C9H13BrN2S/c1-6(2)5-13-9-8(11)3-7(10)4-12-9/h3-4,6H,5,11H2,1-2H3. The van der Waals surface area contributed by atoms with Gasteiger partial charge in [-0.15, -0.1) is 11.8 Å². The van der Waals surface area contributed by atoms with Gasteiger partial charge in [0.1, 0.15) is 5.03 Å². The zero-order valence-electron chi connectivity index (χ0n) is 7.75. The normalized spacial score (nSPS) is 10.8. The summed E-state index contributed by atoms with van der Waals surface area (Å²) in [5.74, 6) is 1.72. The van der Waals surface area contributed by atoms with Gasteiger partial charge in [-0.3, -0.25) is 0 Å². The number of hydrogen-bond acceptors (Lipinski definition) is 3. The minimum Gasteiger partial charge on any atom is -0.397 e. The molecule has 0 atom stereocenters. The van der Waals surface area contributed by atoms with E-state index in [1.165, 1.54) is 0 Å². The zero-order chi connectivity index (χ0) is 9.84. The molecule has 72 valence electrons. The van der Waals surface area contributed by atoms with E-state index in [4.69, 9.17) is 5.73 Å². The Morgan fingerprint density at radius 2 is 2.31 bits per heavy atom. The fraction of sp³-hybridized carbons (Fsp3) is 0.444. The van der Waals surface area contributed by atoms with Crippen LogP contribution in [0.15, 0.2) is 21.8 Å². The first-order valence-corrected chi connectivity index (χ1v) is 5.91. The Hall–Kier alpha value is -0.220. The monoisotopic (exact) mass is 260 g/mol. The molecule has 1 aromatic rings. The van der Waals surface area contributed by atoms with Crippen molar-refractivity contribution in [3.05, 3.63) is 16.7 Å². The largest absolute Gasteiger partial charge is 0.397 e. The van der Waals surface area contributed by atoms with Gasteiger partial charge in [-0.05, 0) is 27.9 Å². The molecule has 1 rings (SSSR count). The summed E-state index contributed by atoms with van der Waals surface area (Å²) in [6.45, 7) is 4.37. The summed E-state index contributed by atoms with van der Waals surface area (Å²) in [5.41, 5.74) is 6.54. The maximum Gasteiger partial charge on any atom is 0.119 e. The van der Waals surface area contributed by atoms with Gasteiger partial charge in [0.05, 0.1) is 5.69 Å². The molecule has 0 unspecified atom stereocenters. The molecule has 0 spiro atoms. The first kappa shape index (κ1) is 10.9. The maximum absolute atomic E-state index is 5.79. The van der Waals surface area contributed by atoms with Crippen LogP contribution in [-0.2, 0) is 0 Å². The Kier molecular flexibility index (Phi) is 4.06. The molecule has 0 fully saturated rings. The second kappa shape index (κ2) is 4.86. The first-order valence-electron chi connectivity index (χ1n) is 4.13. The summed E-state index contributed by atoms with van der Waals surface area (Å²) in [6.07, 6.45) is 1.78. The number of anilines is 1. The molecule has 0 aromatic carbocycles. The lowest BCUT2D eigenvalue weighted by Gasteiger charge is -2.06. The second-order valence-corrected chi connectivity index (χ2v) is 5.18. The molecule has 2 N–H and O–H groups in total. The molecule has 0 amide bonds. The summed E-state index contributed by atoms with van der Waals surface area (Å²) in [7, 11) is 0. The molecule has 13 heavy (non-hydrogen) atoms. The van der Waals surface area contributed by atoms with Crippen molar-refractivity contribution in [1.82, 2.24) is 4.98 Å². The Balaban J connectivity index is 2.67. The molecular formula is C9H13BrN2S. The summed E-state index contributed by atoms with van der Waals surface area (Å²) in [4.78, 5) is 4.24. The third-order valence-corrected chi connectivity index (χ3v) is 3.28. The molecule has 0 saturated carbocycles. The summed E-state index contributed by atoms with van der Waals surface area (Å²) in [5, 5.41) is 0.928. The summed E-state index contributed by atoms with van der Waals surface area (Å²) in [6, 6.07) is 1.88. The van der Waals surface area contributed by atoms with Crippen LogP contribution in [0.1, 0.15) is 13.8 Å². The van der Waals surface area contributed by atoms with Crippen molar-refractivity contribution in [1.29, 1.82) is 0 Å². The third kappa shape index (κ3) is 3.56. The zero-order valence-corrected chi connectivity index (χ0v) is 10.2. The predicted octanol–water partition coefficient (Wildman–Crippen LogP) is 3.17. The average Bonchev–Trinajstić information content (AvgIpc) is 2.02. The summed E-state index contributed by atoms with van der Waals surface area (Å²) < 4.78 is 0.930. The Morgan fingerprint density at radius 1 is 1.62 bits per heavy atom. The van der Waals surface area contributed by atoms with Gasteiger partial charge in [-0.25, -0.2) is 4.98 Å². The maximum atomic E-state index is 5.79. The highest BCUT2D eigenvalue weighted by molar-refractivity contribution is 9.10. The van der Waals surface area contributed by atoms with E-state index in [1.54, 1.807) is 18.0 Å². The fourth-order valence-electron chi connectivity index (χ4n) is 0.809. The van der Waals surface area contributed by atoms with Crippen LogP contribution >= 0.6 is 27.7 Å². The molecule has 0 aliphatic rings. The van der Waals surface area contributed by atoms with Crippen LogP contribution in [0.4, 0.5) is 5.69 Å². The lowest BCUT2D eigenvalue weighted by atomic mass is 10.3. The number of nitrogens with zero attached hydrogens (tertiary/aromatic N) is 1. The molecule has 2 nitrogen and oxygen atoms in total. The smallest absolute Gasteiger partial charge is 0.119 e. The highest BCUT2D eigenvalue weighted by Crippen LogP contribution is 2.26. The molecule has 1 aromatic heterocycles. The van der Waals surface area contributed by atoms with Crippen LogP contribution in [0.25, 0.3) is 0 Å². The third-order valence-electron chi connectivity index (χ3n) is 1.40. The van der Waals surface area contributed by atoms with E-state index < -0.39 is 0 Å². The van der Waals surface area contributed by atoms with Crippen molar-refractivity contribution in [2.24, 2.45) is 5.92 Å². The quantitative estimate of drug-likeness (QED) is 0.849. The van der Waals surface area contributed by atoms with Gasteiger partial charge in [0, 0.05) is 16.4 Å². The van der Waals surface area contributed by atoms with Crippen molar-refractivity contribution in [2.75, 3.05) is 11.5 Å². The van der Waals surface area contributed by atoms with Crippen molar-refractivity contribution >= 4 is 33.4 Å². The Labute approximate surface area is 91.4 Å². The molecule has 0 aliphatic heterocycles. The number of halogens is 1. The van der Waals surface area contributed by atoms with Crippen LogP contribution in [-0.4, -0.2) is 10.7 Å². The van der Waals surface area contributed by atoms with E-state index in [2.05, 4.69) is 34.8 Å². The number of thioether (sulfide) groups is 1. The van der Waals surface area contributed by atoms with Crippen LogP contribution < -0.4 is 5.73 Å². The lowest BCUT2D eigenvalue weighted by Crippen LogP contribution is -1.95. The van der Waals surface area contributed by atoms with E-state index in [1.807, 2.05) is 6.07 Å². The molecule has 4 heteroatoms. The van der Waals surface area contributed by atoms with Crippen molar-refractivity contribution in [2.45, 2.75) is 18.9 Å². The van der Waals surface area contributed by atoms with Gasteiger partial charge in [-0.1, -0.05) is 13.8 Å². The van der Waals surface area contributed by atoms with Crippen LogP contribution in [0.5, 0.6) is 0 Å². The number of aromatic nitrogens is 1. The van der Waals surface area contributed by atoms with E-state index in [-0.39, 0.29) is 0 Å². The number of rotatable bonds is 3. The molecule has 0 saturated heterocycles. The number of nitrogens with two attached hydrogens (primary N) is 1. The van der Waals surface area contributed by atoms with Gasteiger partial charge in [0.2, 0.25) is 0 Å². The SMILES string of the molecule is CC(C)CSc1ncc(Br)cc1N. The van der Waals surface area contributed by atoms with Gasteiger partial charge in [-0.2, -0.15) is 0 Å². The van der Waals surface area contributed by atoms with Gasteiger partial charge in [0.25, 0.3) is 0 Å². The molecule has 1 heterocycles. The van der Waals surface area contributed by atoms with Crippen LogP contribution in [0.3, 0.4) is 0 Å². The first-order chi connectivity index (χ1) is 6.09. The Morgan fingerprint density at radius 3 is 2.85 bits per heavy atom. The van der Waals surface area contributed by atoms with E-state index in [0.717, 1.165) is 20.9 Å². The van der Waals surface area contributed by atoms with E-state index in [0.29, 0.717) is 5.92 Å². The predicted molar refractivity (Wildman–Crippen MR) is 61.9 cm³/mol. The minimum atomic E-state index is 0.662. The highest BCUT2D eigenvalue weighted by atomic mass is 79.9. The van der Waals surface area contributed by atoms with Crippen molar-refractivity contribution in [3.8, 4) is 0 Å². The van der Waals surface area contributed by atoms with Crippen LogP contribution in [0.2, 0.25) is 0 Å². The Bertz CT molecular complexity index is 289. The van der Waals surface area contributed by atoms with Crippen molar-refractivity contribution in [3.63, 3.8) is 0 Å². The fourth-order valence-corrected chi connectivity index (χ4v) is 2.00. The van der Waals surface area contributed by atoms with E-state index >= 15 is 0 Å². The number of hydrogen-bond donors (Lipinski definition) is 1. The number of pyridine rings is 1. The lowest BCUT2D eigenvalue weighted by molar-refractivity contribution is 0.749. The summed E-state index contributed by atoms with van der Waals surface area (Å²) >= 11 is 5.03. The molecule has 0 radical (unpaired) electrons. The topological polar surface area (TPSA) is 38.9 Å². The number of nitrogen functional groups attached to an aromatic ring is 1. The second-order valence-electron chi connectivity index (χ2n) is 3.25. The molecule has 0 bridgehead atoms. The van der Waals surface area contributed by atoms with Gasteiger partial charge >= 0.3 is 0 Å². The highest BCUT2D eigenvalue weighted by Gasteiger charge is 2.03. The molecule has 0 aliphatic carbocycles. The van der Waals surface area contributed by atoms with E-state index in [9.17, 15) is 0 Å². The molecular weight excluding hydrogens is 248 g/mol. The van der Waals surface area contributed by atoms with Gasteiger partial charge < -0.3 is 5.73 Å². The van der Waals surface area contributed by atoms with Crippen LogP contribution in [0, 0.1) is 5.92 Å². The minimum absolute atomic E-state index is 0.662. The van der Waals surface area contributed by atoms with Gasteiger partial charge in [0.15, 0.2) is 0 Å².